The van der Waals surface area contributed by atoms with Crippen LogP contribution in [0.5, 0.6) is 5.75 Å². The molecule has 1 fully saturated rings. The first-order valence-electron chi connectivity index (χ1n) is 11.6. The number of benzene rings is 3. The number of thiocarbonyl (C=S) groups is 1. The van der Waals surface area contributed by atoms with Gasteiger partial charge in [0.15, 0.2) is 4.32 Å². The minimum absolute atomic E-state index is 0.173. The Balaban J connectivity index is 1.48. The average Bonchev–Trinajstić information content (AvgIpc) is 3.28. The molecule has 182 valence electrons. The van der Waals surface area contributed by atoms with E-state index < -0.39 is 5.82 Å². The number of nitrogens with zero attached hydrogens (tertiary/aromatic N) is 2. The number of carbonyl (C=O) groups excluding carboxylic acids is 1. The molecule has 7 heteroatoms. The fourth-order valence-corrected chi connectivity index (χ4v) is 5.69. The van der Waals surface area contributed by atoms with Crippen LogP contribution in [0, 0.1) is 26.6 Å². The number of hydrogen-bond donors (Lipinski definition) is 0. The molecule has 0 saturated carbocycles. The van der Waals surface area contributed by atoms with Gasteiger partial charge >= 0.3 is 0 Å². The fraction of sp³-hybridized carbons (Fsp3) is 0.172. The van der Waals surface area contributed by atoms with Crippen LogP contribution in [0.15, 0.2) is 71.6 Å². The Morgan fingerprint density at radius 1 is 1.00 bits per heavy atom. The first-order chi connectivity index (χ1) is 17.3. The minimum Gasteiger partial charge on any atom is -0.492 e. The summed E-state index contributed by atoms with van der Waals surface area (Å²) < 4.78 is 22.9. The van der Waals surface area contributed by atoms with Crippen molar-refractivity contribution in [2.45, 2.75) is 27.3 Å². The van der Waals surface area contributed by atoms with Gasteiger partial charge in [-0.15, -0.1) is 0 Å². The predicted octanol–water partition coefficient (Wildman–Crippen LogP) is 7.19. The topological polar surface area (TPSA) is 34.5 Å². The Labute approximate surface area is 219 Å². The number of thioether (sulfide) groups is 1. The minimum atomic E-state index is -0.480. The van der Waals surface area contributed by atoms with Crippen LogP contribution in [-0.2, 0) is 11.3 Å². The summed E-state index contributed by atoms with van der Waals surface area (Å²) in [5.74, 6) is 0.0420. The fourth-order valence-electron chi connectivity index (χ4n) is 4.42. The van der Waals surface area contributed by atoms with Crippen molar-refractivity contribution >= 4 is 56.9 Å². The van der Waals surface area contributed by atoms with Gasteiger partial charge in [0, 0.05) is 22.2 Å². The maximum absolute atomic E-state index is 14.4. The van der Waals surface area contributed by atoms with Crippen LogP contribution in [0.25, 0.3) is 17.0 Å². The summed E-state index contributed by atoms with van der Waals surface area (Å²) in [6.45, 7) is 7.31. The molecule has 1 aliphatic rings. The van der Waals surface area contributed by atoms with Gasteiger partial charge < -0.3 is 9.30 Å². The lowest BCUT2D eigenvalue weighted by Gasteiger charge is -2.14. The molecule has 0 spiro atoms. The van der Waals surface area contributed by atoms with Crippen molar-refractivity contribution in [3.8, 4) is 5.75 Å². The largest absolute Gasteiger partial charge is 0.492 e. The monoisotopic (exact) mass is 516 g/mol. The number of halogens is 1. The molecule has 1 aliphatic heterocycles. The second kappa shape index (κ2) is 9.91. The Hall–Kier alpha value is -3.42. The molecule has 5 rings (SSSR count). The molecule has 1 amide bonds. The number of rotatable bonds is 6. The summed E-state index contributed by atoms with van der Waals surface area (Å²) in [4.78, 5) is 15.1. The normalized spacial score (nSPS) is 14.9. The highest BCUT2D eigenvalue weighted by Gasteiger charge is 2.35. The van der Waals surface area contributed by atoms with Gasteiger partial charge in [-0.3, -0.25) is 9.69 Å². The average molecular weight is 517 g/mol. The molecular weight excluding hydrogens is 491 g/mol. The van der Waals surface area contributed by atoms with Gasteiger partial charge in [-0.2, -0.15) is 0 Å². The molecule has 0 unspecified atom stereocenters. The number of hydrogen-bond acceptors (Lipinski definition) is 4. The molecule has 1 aromatic heterocycles. The number of carbonyl (C=O) groups is 1. The molecule has 3 aromatic carbocycles. The Morgan fingerprint density at radius 2 is 1.72 bits per heavy atom. The van der Waals surface area contributed by atoms with E-state index in [-0.39, 0.29) is 11.6 Å². The highest BCUT2D eigenvalue weighted by molar-refractivity contribution is 8.27. The molecule has 36 heavy (non-hydrogen) atoms. The van der Waals surface area contributed by atoms with Crippen LogP contribution in [0.3, 0.4) is 0 Å². The van der Waals surface area contributed by atoms with Crippen LogP contribution < -0.4 is 9.64 Å². The van der Waals surface area contributed by atoms with Gasteiger partial charge in [-0.1, -0.05) is 65.4 Å². The molecule has 0 N–H and O–H groups in total. The molecule has 1 saturated heterocycles. The highest BCUT2D eigenvalue weighted by atomic mass is 32.2. The zero-order valence-corrected chi connectivity index (χ0v) is 21.9. The number of aryl methyl sites for hydroxylation is 2. The number of ether oxygens (including phenoxy) is 1. The van der Waals surface area contributed by atoms with Gasteiger partial charge in [0.05, 0.1) is 17.1 Å². The predicted molar refractivity (Wildman–Crippen MR) is 150 cm³/mol. The van der Waals surface area contributed by atoms with Crippen LogP contribution >= 0.6 is 24.0 Å². The molecule has 0 bridgehead atoms. The summed E-state index contributed by atoms with van der Waals surface area (Å²) in [5.41, 5.74) is 5.55. The Kier molecular flexibility index (Phi) is 6.69. The number of para-hydroxylation sites is 1. The lowest BCUT2D eigenvalue weighted by molar-refractivity contribution is -0.113. The summed E-state index contributed by atoms with van der Waals surface area (Å²) in [6.07, 6.45) is 1.88. The summed E-state index contributed by atoms with van der Waals surface area (Å²) in [7, 11) is 0. The van der Waals surface area contributed by atoms with E-state index in [9.17, 15) is 9.18 Å². The van der Waals surface area contributed by atoms with E-state index in [1.165, 1.54) is 28.3 Å². The summed E-state index contributed by atoms with van der Waals surface area (Å²) >= 11 is 6.65. The quantitative estimate of drug-likeness (QED) is 0.201. The second-order valence-corrected chi connectivity index (χ2v) is 10.5. The van der Waals surface area contributed by atoms with Crippen LogP contribution in [0.1, 0.15) is 22.4 Å². The lowest BCUT2D eigenvalue weighted by atomic mass is 10.1. The standard InChI is InChI=1S/C29H25FN2O2S2/c1-18-8-11-21(12-9-18)34-15-14-31-20(3)22(23-16-19(2)10-13-25(23)31)17-27-28(33)32(29(35)36-27)26-7-5-4-6-24(26)30/h4-13,16-17H,14-15H2,1-3H3/b27-17-. The van der Waals surface area contributed by atoms with Crippen molar-refractivity contribution in [3.63, 3.8) is 0 Å². The Bertz CT molecular complexity index is 1520. The Morgan fingerprint density at radius 3 is 2.47 bits per heavy atom. The molecule has 4 nitrogen and oxygen atoms in total. The molecule has 4 aromatic rings. The van der Waals surface area contributed by atoms with E-state index in [0.29, 0.717) is 22.4 Å². The van der Waals surface area contributed by atoms with Gasteiger partial charge in [0.1, 0.15) is 18.2 Å². The molecule has 0 aliphatic carbocycles. The van der Waals surface area contributed by atoms with E-state index in [4.69, 9.17) is 17.0 Å². The number of fused-ring (bicyclic) bond motifs is 1. The van der Waals surface area contributed by atoms with Gasteiger partial charge in [-0.05, 0) is 63.2 Å². The van der Waals surface area contributed by atoms with Crippen molar-refractivity contribution in [2.24, 2.45) is 0 Å². The van der Waals surface area contributed by atoms with E-state index in [1.807, 2.05) is 51.1 Å². The maximum atomic E-state index is 14.4. The van der Waals surface area contributed by atoms with Crippen molar-refractivity contribution in [2.75, 3.05) is 11.5 Å². The van der Waals surface area contributed by atoms with E-state index in [0.717, 1.165) is 33.5 Å². The smallest absolute Gasteiger partial charge is 0.270 e. The second-order valence-electron chi connectivity index (χ2n) is 8.80. The first kappa shape index (κ1) is 24.3. The summed E-state index contributed by atoms with van der Waals surface area (Å²) in [5, 5.41) is 1.05. The SMILES string of the molecule is Cc1ccc(OCCn2c(C)c(/C=C3\SC(=S)N(c4ccccc4F)C3=O)c3cc(C)ccc32)cc1. The molecular formula is C29H25FN2O2S2. The van der Waals surface area contributed by atoms with E-state index >= 15 is 0 Å². The molecule has 0 atom stereocenters. The van der Waals surface area contributed by atoms with Crippen LogP contribution in [0.4, 0.5) is 10.1 Å². The third-order valence-corrected chi connectivity index (χ3v) is 7.60. The highest BCUT2D eigenvalue weighted by Crippen LogP contribution is 2.39. The van der Waals surface area contributed by atoms with Gasteiger partial charge in [-0.25, -0.2) is 4.39 Å². The maximum Gasteiger partial charge on any atom is 0.270 e. The van der Waals surface area contributed by atoms with Gasteiger partial charge in [0.25, 0.3) is 5.91 Å². The van der Waals surface area contributed by atoms with Crippen LogP contribution in [-0.4, -0.2) is 21.4 Å². The van der Waals surface area contributed by atoms with E-state index in [2.05, 4.69) is 22.8 Å². The molecule has 0 radical (unpaired) electrons. The van der Waals surface area contributed by atoms with Crippen molar-refractivity contribution in [3.05, 3.63) is 99.8 Å². The lowest BCUT2D eigenvalue weighted by Crippen LogP contribution is -2.28. The first-order valence-corrected chi connectivity index (χ1v) is 12.9. The molecule has 2 heterocycles. The van der Waals surface area contributed by atoms with Crippen LogP contribution in [0.2, 0.25) is 0 Å². The van der Waals surface area contributed by atoms with Crippen molar-refractivity contribution in [1.82, 2.24) is 4.57 Å². The van der Waals surface area contributed by atoms with Crippen molar-refractivity contribution < 1.29 is 13.9 Å². The zero-order chi connectivity index (χ0) is 25.4. The zero-order valence-electron chi connectivity index (χ0n) is 20.2. The van der Waals surface area contributed by atoms with Crippen molar-refractivity contribution in [1.29, 1.82) is 0 Å². The number of amides is 1. The number of anilines is 1. The van der Waals surface area contributed by atoms with Gasteiger partial charge in [0.2, 0.25) is 0 Å². The van der Waals surface area contributed by atoms with E-state index in [1.54, 1.807) is 18.2 Å². The third-order valence-electron chi connectivity index (χ3n) is 6.29. The number of aromatic nitrogens is 1. The summed E-state index contributed by atoms with van der Waals surface area (Å²) in [6, 6.07) is 20.5. The third kappa shape index (κ3) is 4.56.